The van der Waals surface area contributed by atoms with Crippen molar-refractivity contribution in [3.63, 3.8) is 0 Å². The number of morpholine rings is 1. The lowest BCUT2D eigenvalue weighted by atomic mass is 10.2. The Bertz CT molecular complexity index is 491. The molecule has 0 N–H and O–H groups in total. The molecule has 0 saturated carbocycles. The van der Waals surface area contributed by atoms with Crippen molar-refractivity contribution in [3.8, 4) is 11.8 Å². The summed E-state index contributed by atoms with van der Waals surface area (Å²) in [7, 11) is 0. The summed E-state index contributed by atoms with van der Waals surface area (Å²) in [5.74, 6) is 0.615. The maximum atomic E-state index is 8.97. The van der Waals surface area contributed by atoms with E-state index in [-0.39, 0.29) is 12.2 Å². The average Bonchev–Trinajstić information content (AvgIpc) is 2.50. The van der Waals surface area contributed by atoms with Gasteiger partial charge in [0.1, 0.15) is 18.4 Å². The Morgan fingerprint density at radius 1 is 1.18 bits per heavy atom. The third-order valence-electron chi connectivity index (χ3n) is 3.54. The maximum Gasteiger partial charge on any atom is 0.137 e. The molecule has 22 heavy (non-hydrogen) atoms. The highest BCUT2D eigenvalue weighted by Crippen LogP contribution is 2.16. The summed E-state index contributed by atoms with van der Waals surface area (Å²) >= 11 is 0. The van der Waals surface area contributed by atoms with Crippen molar-refractivity contribution >= 4 is 0 Å². The fourth-order valence-corrected chi connectivity index (χ4v) is 2.66. The zero-order valence-electron chi connectivity index (χ0n) is 13.3. The van der Waals surface area contributed by atoms with E-state index in [1.54, 1.807) is 12.1 Å². The molecule has 1 aromatic rings. The van der Waals surface area contributed by atoms with Gasteiger partial charge in [-0.25, -0.2) is 0 Å². The number of para-hydroxylation sites is 1. The molecule has 0 amide bonds. The number of nitriles is 1. The van der Waals surface area contributed by atoms with Gasteiger partial charge in [0.2, 0.25) is 0 Å². The molecule has 0 unspecified atom stereocenters. The van der Waals surface area contributed by atoms with Gasteiger partial charge in [-0.15, -0.1) is 0 Å². The molecule has 0 aromatic heterocycles. The molecule has 0 spiro atoms. The molecule has 0 aliphatic carbocycles. The molecule has 5 nitrogen and oxygen atoms in total. The van der Waals surface area contributed by atoms with Crippen molar-refractivity contribution in [1.29, 1.82) is 5.26 Å². The lowest BCUT2D eigenvalue weighted by Gasteiger charge is -2.35. The first kappa shape index (κ1) is 16.8. The van der Waals surface area contributed by atoms with Crippen LogP contribution >= 0.6 is 0 Å². The SMILES string of the molecule is C[C@@H]1CN(CCOCCOc2ccccc2C#N)C[C@H](C)O1. The molecule has 2 rings (SSSR count). The van der Waals surface area contributed by atoms with Gasteiger partial charge in [-0.05, 0) is 26.0 Å². The lowest BCUT2D eigenvalue weighted by molar-refractivity contribution is -0.0734. The van der Waals surface area contributed by atoms with Crippen LogP contribution in [-0.4, -0.2) is 56.6 Å². The van der Waals surface area contributed by atoms with Gasteiger partial charge in [-0.3, -0.25) is 4.90 Å². The predicted octanol–water partition coefficient (Wildman–Crippen LogP) is 2.06. The molecule has 0 bridgehead atoms. The van der Waals surface area contributed by atoms with Crippen molar-refractivity contribution < 1.29 is 14.2 Å². The first-order valence-electron chi connectivity index (χ1n) is 7.76. The van der Waals surface area contributed by atoms with Crippen LogP contribution in [0.4, 0.5) is 0 Å². The predicted molar refractivity (Wildman–Crippen MR) is 83.9 cm³/mol. The standard InChI is InChI=1S/C17H24N2O3/c1-14-12-19(13-15(2)22-14)7-8-20-9-10-21-17-6-4-3-5-16(17)11-18/h3-6,14-15H,7-10,12-13H2,1-2H3/t14-,15+. The Hall–Kier alpha value is -1.61. The minimum atomic E-state index is 0.287. The van der Waals surface area contributed by atoms with Crippen molar-refractivity contribution in [2.45, 2.75) is 26.1 Å². The molecular formula is C17H24N2O3. The van der Waals surface area contributed by atoms with Crippen molar-refractivity contribution in [2.75, 3.05) is 39.5 Å². The summed E-state index contributed by atoms with van der Waals surface area (Å²) in [6.07, 6.45) is 0.573. The first-order chi connectivity index (χ1) is 10.7. The minimum Gasteiger partial charge on any atom is -0.490 e. The van der Waals surface area contributed by atoms with Crippen LogP contribution < -0.4 is 4.74 Å². The van der Waals surface area contributed by atoms with Crippen molar-refractivity contribution in [1.82, 2.24) is 4.90 Å². The summed E-state index contributed by atoms with van der Waals surface area (Å²) in [6, 6.07) is 9.35. The third-order valence-corrected chi connectivity index (χ3v) is 3.54. The zero-order valence-corrected chi connectivity index (χ0v) is 13.3. The van der Waals surface area contributed by atoms with Crippen LogP contribution in [0.25, 0.3) is 0 Å². The van der Waals surface area contributed by atoms with Gasteiger partial charge in [0.15, 0.2) is 0 Å². The second kappa shape index (κ2) is 8.74. The van der Waals surface area contributed by atoms with Gasteiger partial charge < -0.3 is 14.2 Å². The third kappa shape index (κ3) is 5.30. The second-order valence-electron chi connectivity index (χ2n) is 5.59. The van der Waals surface area contributed by atoms with Gasteiger partial charge in [0.05, 0.1) is 31.0 Å². The molecule has 1 fully saturated rings. The highest BCUT2D eigenvalue weighted by molar-refractivity contribution is 5.42. The van der Waals surface area contributed by atoms with Gasteiger partial charge in [-0.1, -0.05) is 12.1 Å². The number of hydrogen-bond donors (Lipinski definition) is 0. The summed E-state index contributed by atoms with van der Waals surface area (Å²) in [5, 5.41) is 8.97. The van der Waals surface area contributed by atoms with Crippen molar-refractivity contribution in [3.05, 3.63) is 29.8 Å². The fraction of sp³-hybridized carbons (Fsp3) is 0.588. The Balaban J connectivity index is 1.59. The Morgan fingerprint density at radius 2 is 1.91 bits per heavy atom. The average molecular weight is 304 g/mol. The molecule has 5 heteroatoms. The Morgan fingerprint density at radius 3 is 2.64 bits per heavy atom. The second-order valence-corrected chi connectivity index (χ2v) is 5.59. The van der Waals surface area contributed by atoms with Gasteiger partial charge in [0.25, 0.3) is 0 Å². The summed E-state index contributed by atoms with van der Waals surface area (Å²) < 4.78 is 16.9. The van der Waals surface area contributed by atoms with Crippen LogP contribution in [0.1, 0.15) is 19.4 Å². The summed E-state index contributed by atoms with van der Waals surface area (Å²) in [4.78, 5) is 2.37. The topological polar surface area (TPSA) is 54.7 Å². The summed E-state index contributed by atoms with van der Waals surface area (Å²) in [5.41, 5.74) is 0.554. The number of ether oxygens (including phenoxy) is 3. The molecule has 1 aliphatic heterocycles. The van der Waals surface area contributed by atoms with Gasteiger partial charge in [0, 0.05) is 19.6 Å². The quantitative estimate of drug-likeness (QED) is 0.722. The van der Waals surface area contributed by atoms with E-state index in [1.807, 2.05) is 12.1 Å². The van der Waals surface area contributed by atoms with Crippen molar-refractivity contribution in [2.24, 2.45) is 0 Å². The summed E-state index contributed by atoms with van der Waals surface area (Å²) in [6.45, 7) is 8.69. The van der Waals surface area contributed by atoms with E-state index in [1.165, 1.54) is 0 Å². The molecule has 1 heterocycles. The molecule has 1 saturated heterocycles. The van der Waals surface area contributed by atoms with Crippen LogP contribution in [-0.2, 0) is 9.47 Å². The van der Waals surface area contributed by atoms with Gasteiger partial charge in [-0.2, -0.15) is 5.26 Å². The molecule has 1 aromatic carbocycles. The fourth-order valence-electron chi connectivity index (χ4n) is 2.66. The van der Waals surface area contributed by atoms with E-state index in [2.05, 4.69) is 24.8 Å². The molecule has 0 radical (unpaired) electrons. The number of benzene rings is 1. The Labute approximate surface area is 132 Å². The highest BCUT2D eigenvalue weighted by atomic mass is 16.5. The molecule has 2 atom stereocenters. The van der Waals surface area contributed by atoms with Gasteiger partial charge >= 0.3 is 0 Å². The van der Waals surface area contributed by atoms with Crippen LogP contribution in [0, 0.1) is 11.3 Å². The largest absolute Gasteiger partial charge is 0.490 e. The van der Waals surface area contributed by atoms with Crippen LogP contribution in [0.3, 0.4) is 0 Å². The van der Waals surface area contributed by atoms with Crippen LogP contribution in [0.2, 0.25) is 0 Å². The lowest BCUT2D eigenvalue weighted by Crippen LogP contribution is -2.46. The molecule has 1 aliphatic rings. The highest BCUT2D eigenvalue weighted by Gasteiger charge is 2.21. The van der Waals surface area contributed by atoms with Crippen LogP contribution in [0.5, 0.6) is 5.75 Å². The monoisotopic (exact) mass is 304 g/mol. The normalized spacial score (nSPS) is 22.2. The number of nitrogens with zero attached hydrogens (tertiary/aromatic N) is 2. The zero-order chi connectivity index (χ0) is 15.8. The first-order valence-corrected chi connectivity index (χ1v) is 7.76. The van der Waals surface area contributed by atoms with E-state index >= 15 is 0 Å². The smallest absolute Gasteiger partial charge is 0.137 e. The minimum absolute atomic E-state index is 0.287. The molecular weight excluding hydrogens is 280 g/mol. The van der Waals surface area contributed by atoms with E-state index < -0.39 is 0 Å². The maximum absolute atomic E-state index is 8.97. The number of hydrogen-bond acceptors (Lipinski definition) is 5. The van der Waals surface area contributed by atoms with Crippen LogP contribution in [0.15, 0.2) is 24.3 Å². The van der Waals surface area contributed by atoms with E-state index in [0.29, 0.717) is 31.1 Å². The van der Waals surface area contributed by atoms with E-state index in [4.69, 9.17) is 19.5 Å². The van der Waals surface area contributed by atoms with E-state index in [0.717, 1.165) is 19.6 Å². The Kier molecular flexibility index (Phi) is 6.66. The van der Waals surface area contributed by atoms with E-state index in [9.17, 15) is 0 Å². The molecule has 120 valence electrons. The number of rotatable bonds is 7.